The summed E-state index contributed by atoms with van der Waals surface area (Å²) < 4.78 is 13.6. The Morgan fingerprint density at radius 2 is 1.46 bits per heavy atom. The number of carbonyl (C=O) groups excluding carboxylic acids is 1. The van der Waals surface area contributed by atoms with Gasteiger partial charge in [0.05, 0.1) is 18.8 Å². The maximum atomic E-state index is 12.6. The fourth-order valence-electron chi connectivity index (χ4n) is 6.68. The lowest BCUT2D eigenvalue weighted by atomic mass is 9.89. The van der Waals surface area contributed by atoms with Gasteiger partial charge in [0.15, 0.2) is 6.29 Å². The third kappa shape index (κ3) is 8.12. The second kappa shape index (κ2) is 15.7. The van der Waals surface area contributed by atoms with Crippen LogP contribution in [0.15, 0.2) is 103 Å². The van der Waals surface area contributed by atoms with Crippen LogP contribution < -0.4 is 5.32 Å². The zero-order valence-electron chi connectivity index (χ0n) is 26.8. The Morgan fingerprint density at radius 1 is 0.761 bits per heavy atom. The highest BCUT2D eigenvalue weighted by Crippen LogP contribution is 2.42. The van der Waals surface area contributed by atoms with Crippen LogP contribution in [0.1, 0.15) is 84.0 Å². The van der Waals surface area contributed by atoms with Gasteiger partial charge in [-0.15, -0.1) is 0 Å². The molecule has 1 amide bonds. The summed E-state index contributed by atoms with van der Waals surface area (Å²) >= 11 is 0. The van der Waals surface area contributed by atoms with Crippen molar-refractivity contribution in [2.75, 3.05) is 19.6 Å². The second-order valence-corrected chi connectivity index (χ2v) is 12.8. The fraction of sp³-hybridized carbons (Fsp3) is 0.375. The number of ether oxygens (including phenoxy) is 2. The maximum absolute atomic E-state index is 12.6. The van der Waals surface area contributed by atoms with Crippen molar-refractivity contribution in [3.63, 3.8) is 0 Å². The number of aliphatic hydroxyl groups excluding tert-OH is 1. The quantitative estimate of drug-likeness (QED) is 0.200. The predicted molar refractivity (Wildman–Crippen MR) is 182 cm³/mol. The van der Waals surface area contributed by atoms with Gasteiger partial charge in [-0.3, -0.25) is 4.79 Å². The van der Waals surface area contributed by atoms with E-state index in [9.17, 15) is 9.90 Å². The first-order valence-electron chi connectivity index (χ1n) is 16.8. The molecule has 4 atom stereocenters. The van der Waals surface area contributed by atoms with Crippen LogP contribution in [0.3, 0.4) is 0 Å². The van der Waals surface area contributed by atoms with Crippen LogP contribution in [-0.4, -0.2) is 41.7 Å². The number of nitrogens with zero attached hydrogens (tertiary/aromatic N) is 1. The van der Waals surface area contributed by atoms with Crippen molar-refractivity contribution >= 4 is 5.91 Å². The monoisotopic (exact) mass is 618 g/mol. The maximum Gasteiger partial charge on any atom is 0.251 e. The van der Waals surface area contributed by atoms with Crippen molar-refractivity contribution in [2.24, 2.45) is 5.92 Å². The van der Waals surface area contributed by atoms with E-state index in [1.807, 2.05) is 54.6 Å². The van der Waals surface area contributed by atoms with Crippen molar-refractivity contribution < 1.29 is 19.4 Å². The molecule has 0 radical (unpaired) electrons. The van der Waals surface area contributed by atoms with Crippen LogP contribution >= 0.6 is 0 Å². The molecule has 2 aliphatic heterocycles. The van der Waals surface area contributed by atoms with Crippen molar-refractivity contribution in [1.82, 2.24) is 10.2 Å². The van der Waals surface area contributed by atoms with E-state index < -0.39 is 6.29 Å². The Balaban J connectivity index is 1.22. The van der Waals surface area contributed by atoms with Crippen molar-refractivity contribution in [1.29, 1.82) is 0 Å². The molecule has 0 aromatic heterocycles. The SMILES string of the molecule is C[C@H]1[C@@H](CN2CCCCCCC2)O[C@@H](c2cccc(-c3cccc(CNC(=O)c4ccccc4)c3)c2)O[C@H]1c1ccc(CO)cc1. The topological polar surface area (TPSA) is 71.0 Å². The highest BCUT2D eigenvalue weighted by Gasteiger charge is 2.39. The molecular formula is C40H46N2O4. The highest BCUT2D eigenvalue weighted by atomic mass is 16.7. The normalized spacial score (nSPS) is 22.5. The van der Waals surface area contributed by atoms with Crippen molar-refractivity contribution in [3.8, 4) is 11.1 Å². The summed E-state index contributed by atoms with van der Waals surface area (Å²) in [4.78, 5) is 15.2. The Bertz CT molecular complexity index is 1550. The van der Waals surface area contributed by atoms with Crippen molar-refractivity contribution in [2.45, 2.75) is 70.7 Å². The van der Waals surface area contributed by atoms with E-state index in [0.29, 0.717) is 12.1 Å². The largest absolute Gasteiger partial charge is 0.392 e. The van der Waals surface area contributed by atoms with Gasteiger partial charge in [-0.2, -0.15) is 0 Å². The molecule has 2 saturated heterocycles. The molecule has 6 nitrogen and oxygen atoms in total. The minimum atomic E-state index is -0.508. The van der Waals surface area contributed by atoms with Gasteiger partial charge in [0.1, 0.15) is 0 Å². The molecule has 4 aromatic carbocycles. The molecule has 2 fully saturated rings. The molecule has 2 heterocycles. The van der Waals surface area contributed by atoms with E-state index >= 15 is 0 Å². The lowest BCUT2D eigenvalue weighted by molar-refractivity contribution is -0.276. The average molecular weight is 619 g/mol. The number of hydrogen-bond donors (Lipinski definition) is 2. The Kier molecular flexibility index (Phi) is 10.9. The summed E-state index contributed by atoms with van der Waals surface area (Å²) in [6.45, 7) is 5.84. The Morgan fingerprint density at radius 3 is 2.20 bits per heavy atom. The second-order valence-electron chi connectivity index (χ2n) is 12.8. The minimum absolute atomic E-state index is 0.0147. The number of hydrogen-bond acceptors (Lipinski definition) is 5. The molecular weight excluding hydrogens is 572 g/mol. The third-order valence-corrected chi connectivity index (χ3v) is 9.42. The number of aliphatic hydroxyl groups is 1. The summed E-state index contributed by atoms with van der Waals surface area (Å²) in [5, 5.41) is 12.6. The molecule has 2 aliphatic rings. The number of benzene rings is 4. The number of amides is 1. The lowest BCUT2D eigenvalue weighted by Gasteiger charge is -2.43. The molecule has 6 rings (SSSR count). The fourth-order valence-corrected chi connectivity index (χ4v) is 6.68. The summed E-state index contributed by atoms with van der Waals surface area (Å²) in [6.07, 6.45) is 5.80. The molecule has 0 saturated carbocycles. The third-order valence-electron chi connectivity index (χ3n) is 9.42. The summed E-state index contributed by atoms with van der Waals surface area (Å²) in [5.74, 6) is 0.0762. The van der Waals surface area contributed by atoms with Crippen LogP contribution in [0.2, 0.25) is 0 Å². The molecule has 6 heteroatoms. The van der Waals surface area contributed by atoms with Crippen LogP contribution in [-0.2, 0) is 22.6 Å². The van der Waals surface area contributed by atoms with E-state index in [4.69, 9.17) is 9.47 Å². The summed E-state index contributed by atoms with van der Waals surface area (Å²) in [6, 6.07) is 34.2. The van der Waals surface area contributed by atoms with Gasteiger partial charge < -0.3 is 24.8 Å². The lowest BCUT2D eigenvalue weighted by Crippen LogP contribution is -2.45. The summed E-state index contributed by atoms with van der Waals surface area (Å²) in [7, 11) is 0. The van der Waals surface area contributed by atoms with Gasteiger partial charge in [0, 0.05) is 30.1 Å². The average Bonchev–Trinajstić information content (AvgIpc) is 3.09. The molecule has 0 aliphatic carbocycles. The number of likely N-dealkylation sites (tertiary alicyclic amines) is 1. The highest BCUT2D eigenvalue weighted by molar-refractivity contribution is 5.94. The van der Waals surface area contributed by atoms with Crippen molar-refractivity contribution in [3.05, 3.63) is 131 Å². The zero-order valence-corrected chi connectivity index (χ0v) is 26.8. The van der Waals surface area contributed by atoms with Crippen LogP contribution in [0.25, 0.3) is 11.1 Å². The van der Waals surface area contributed by atoms with E-state index in [1.165, 1.54) is 32.1 Å². The molecule has 2 N–H and O–H groups in total. The van der Waals surface area contributed by atoms with Gasteiger partial charge in [-0.25, -0.2) is 0 Å². The molecule has 0 bridgehead atoms. The van der Waals surface area contributed by atoms with Crippen LogP contribution in [0.4, 0.5) is 0 Å². The molecule has 0 unspecified atom stereocenters. The Hall–Kier alpha value is -3.81. The first-order valence-corrected chi connectivity index (χ1v) is 16.8. The summed E-state index contributed by atoms with van der Waals surface area (Å²) in [5.41, 5.74) is 6.83. The molecule has 4 aromatic rings. The predicted octanol–water partition coefficient (Wildman–Crippen LogP) is 7.83. The van der Waals surface area contributed by atoms with E-state index in [2.05, 4.69) is 65.7 Å². The zero-order chi connectivity index (χ0) is 31.7. The van der Waals surface area contributed by atoms with E-state index in [-0.39, 0.29) is 30.6 Å². The number of rotatable bonds is 9. The minimum Gasteiger partial charge on any atom is -0.392 e. The smallest absolute Gasteiger partial charge is 0.251 e. The van der Waals surface area contributed by atoms with Crippen LogP contribution in [0, 0.1) is 5.92 Å². The first kappa shape index (κ1) is 32.1. The van der Waals surface area contributed by atoms with Gasteiger partial charge in [-0.05, 0) is 78.0 Å². The standard InChI is InChI=1S/C40H46N2O4/c1-29-37(27-42-22-8-3-2-4-9-23-42)45-40(46-38(29)32-20-18-30(28-43)19-21-32)36-17-11-16-35(25-36)34-15-10-12-31(24-34)26-41-39(44)33-13-6-5-7-14-33/h5-7,10-21,24-25,29,37-38,40,43H,2-4,8-9,22-23,26-28H2,1H3,(H,41,44)/t29-,37+,38+,40+/m0/s1. The Labute approximate surface area is 273 Å². The molecule has 240 valence electrons. The number of carbonyl (C=O) groups is 1. The number of nitrogens with one attached hydrogen (secondary N) is 1. The molecule has 0 spiro atoms. The van der Waals surface area contributed by atoms with Gasteiger partial charge >= 0.3 is 0 Å². The van der Waals surface area contributed by atoms with E-state index in [0.717, 1.165) is 53.0 Å². The van der Waals surface area contributed by atoms with Gasteiger partial charge in [-0.1, -0.05) is 105 Å². The van der Waals surface area contributed by atoms with E-state index in [1.54, 1.807) is 0 Å². The van der Waals surface area contributed by atoms with Gasteiger partial charge in [0.25, 0.3) is 5.91 Å². The van der Waals surface area contributed by atoms with Crippen LogP contribution in [0.5, 0.6) is 0 Å². The van der Waals surface area contributed by atoms with Gasteiger partial charge in [0.2, 0.25) is 0 Å². The molecule has 46 heavy (non-hydrogen) atoms. The first-order chi connectivity index (χ1) is 22.6.